The van der Waals surface area contributed by atoms with E-state index in [0.717, 1.165) is 30.0 Å². The van der Waals surface area contributed by atoms with Crippen LogP contribution in [0.5, 0.6) is 0 Å². The largest absolute Gasteiger partial charge is 0.466 e. The first-order chi connectivity index (χ1) is 10.5. The highest BCUT2D eigenvalue weighted by Crippen LogP contribution is 2.23. The molecule has 0 aliphatic carbocycles. The van der Waals surface area contributed by atoms with Gasteiger partial charge < -0.3 is 4.74 Å². The zero-order valence-corrected chi connectivity index (χ0v) is 12.1. The van der Waals surface area contributed by atoms with E-state index in [-0.39, 0.29) is 15.6 Å². The summed E-state index contributed by atoms with van der Waals surface area (Å²) >= 11 is 0.877. The summed E-state index contributed by atoms with van der Waals surface area (Å²) in [6, 6.07) is 4.89. The summed E-state index contributed by atoms with van der Waals surface area (Å²) in [6.45, 7) is 0. The lowest BCUT2D eigenvalue weighted by Crippen LogP contribution is -2.25. The Hall–Kier alpha value is -2.68. The van der Waals surface area contributed by atoms with Gasteiger partial charge in [0.2, 0.25) is 0 Å². The maximum Gasteiger partial charge on any atom is 0.331 e. The third kappa shape index (κ3) is 3.92. The number of carbonyl (C=O) groups excluding carboxylic acids is 3. The Morgan fingerprint density at radius 1 is 1.36 bits per heavy atom. The van der Waals surface area contributed by atoms with Crippen molar-refractivity contribution >= 4 is 34.7 Å². The van der Waals surface area contributed by atoms with E-state index >= 15 is 0 Å². The van der Waals surface area contributed by atoms with Crippen LogP contribution >= 0.6 is 11.8 Å². The second-order valence-electron chi connectivity index (χ2n) is 3.95. The predicted octanol–water partition coefficient (Wildman–Crippen LogP) is 0.746. The molecule has 2 N–H and O–H groups in total. The molecule has 0 bridgehead atoms. The number of esters is 1. The van der Waals surface area contributed by atoms with Gasteiger partial charge in [0.05, 0.1) is 12.0 Å². The topological polar surface area (TPSA) is 96.9 Å². The van der Waals surface area contributed by atoms with Gasteiger partial charge in [-0.05, 0) is 36.0 Å². The third-order valence-corrected chi connectivity index (χ3v) is 3.38. The van der Waals surface area contributed by atoms with E-state index in [1.165, 1.54) is 19.2 Å². The molecule has 0 radical (unpaired) electrons. The zero-order valence-electron chi connectivity index (χ0n) is 11.3. The number of hydrazone groups is 1. The van der Waals surface area contributed by atoms with Crippen molar-refractivity contribution in [1.82, 2.24) is 10.7 Å². The molecular formula is C13H10FN3O4S. The smallest absolute Gasteiger partial charge is 0.331 e. The fourth-order valence-electron chi connectivity index (χ4n) is 1.41. The van der Waals surface area contributed by atoms with Crippen LogP contribution in [0.25, 0.3) is 0 Å². The molecule has 1 aliphatic rings. The van der Waals surface area contributed by atoms with Gasteiger partial charge in [-0.2, -0.15) is 0 Å². The summed E-state index contributed by atoms with van der Waals surface area (Å²) in [5.74, 6) is -2.22. The average molecular weight is 323 g/mol. The molecule has 22 heavy (non-hydrogen) atoms. The average Bonchev–Trinajstić information content (AvgIpc) is 2.85. The summed E-state index contributed by atoms with van der Waals surface area (Å²) in [7, 11) is 1.19. The van der Waals surface area contributed by atoms with Crippen molar-refractivity contribution in [2.75, 3.05) is 7.11 Å². The number of methoxy groups -OCH3 is 1. The van der Waals surface area contributed by atoms with Gasteiger partial charge in [-0.15, -0.1) is 5.10 Å². The first-order valence-corrected chi connectivity index (χ1v) is 6.73. The Balaban J connectivity index is 2.01. The van der Waals surface area contributed by atoms with Crippen LogP contribution in [0.2, 0.25) is 0 Å². The van der Waals surface area contributed by atoms with Gasteiger partial charge in [0, 0.05) is 11.6 Å². The van der Waals surface area contributed by atoms with E-state index in [0.29, 0.717) is 0 Å². The lowest BCUT2D eigenvalue weighted by molar-refractivity contribution is -0.135. The number of nitrogens with zero attached hydrogens (tertiary/aromatic N) is 1. The molecular weight excluding hydrogens is 313 g/mol. The Bertz CT molecular complexity index is 685. The van der Waals surface area contributed by atoms with E-state index in [2.05, 4.69) is 20.6 Å². The Kier molecular flexibility index (Phi) is 4.89. The number of benzene rings is 1. The fourth-order valence-corrected chi connectivity index (χ4v) is 2.16. The highest BCUT2D eigenvalue weighted by molar-refractivity contribution is 8.18. The molecule has 2 amide bonds. The molecule has 1 aromatic carbocycles. The van der Waals surface area contributed by atoms with Gasteiger partial charge in [0.25, 0.3) is 11.8 Å². The summed E-state index contributed by atoms with van der Waals surface area (Å²) < 4.78 is 17.2. The van der Waals surface area contributed by atoms with Crippen molar-refractivity contribution < 1.29 is 23.5 Å². The number of amides is 2. The molecule has 1 heterocycles. The number of carbonyl (C=O) groups is 3. The summed E-state index contributed by atoms with van der Waals surface area (Å²) in [5.41, 5.74) is 2.43. The molecule has 0 saturated carbocycles. The minimum Gasteiger partial charge on any atom is -0.466 e. The second kappa shape index (κ2) is 6.85. The van der Waals surface area contributed by atoms with E-state index < -0.39 is 23.6 Å². The number of rotatable bonds is 3. The van der Waals surface area contributed by atoms with Crippen LogP contribution < -0.4 is 10.7 Å². The van der Waals surface area contributed by atoms with Crippen LogP contribution in [0.15, 0.2) is 40.3 Å². The van der Waals surface area contributed by atoms with Crippen LogP contribution in [0.1, 0.15) is 10.4 Å². The lowest BCUT2D eigenvalue weighted by Gasteiger charge is -2.00. The quantitative estimate of drug-likeness (QED) is 0.486. The number of ether oxygens (including phenoxy) is 1. The van der Waals surface area contributed by atoms with E-state index in [1.807, 2.05) is 0 Å². The molecule has 0 aromatic heterocycles. The van der Waals surface area contributed by atoms with E-state index in [9.17, 15) is 18.8 Å². The van der Waals surface area contributed by atoms with Gasteiger partial charge in [0.1, 0.15) is 5.82 Å². The lowest BCUT2D eigenvalue weighted by atomic mass is 10.2. The molecule has 0 unspecified atom stereocenters. The van der Waals surface area contributed by atoms with Gasteiger partial charge in [0.15, 0.2) is 5.17 Å². The summed E-state index contributed by atoms with van der Waals surface area (Å²) in [6.07, 6.45) is 1.02. The maximum atomic E-state index is 12.7. The number of amidine groups is 1. The minimum absolute atomic E-state index is 0.0987. The number of thioether (sulfide) groups is 1. The molecule has 9 heteroatoms. The van der Waals surface area contributed by atoms with Gasteiger partial charge in [-0.25, -0.2) is 14.6 Å². The van der Waals surface area contributed by atoms with Gasteiger partial charge >= 0.3 is 5.97 Å². The molecule has 0 spiro atoms. The Morgan fingerprint density at radius 2 is 2.05 bits per heavy atom. The normalized spacial score (nSPS) is 17.5. The van der Waals surface area contributed by atoms with Crippen LogP contribution in [-0.4, -0.2) is 30.1 Å². The second-order valence-corrected chi connectivity index (χ2v) is 4.98. The van der Waals surface area contributed by atoms with Crippen molar-refractivity contribution in [2.24, 2.45) is 5.10 Å². The number of halogens is 1. The molecule has 1 fully saturated rings. The highest BCUT2D eigenvalue weighted by Gasteiger charge is 2.25. The van der Waals surface area contributed by atoms with Crippen LogP contribution in [-0.2, 0) is 14.3 Å². The Labute approximate surface area is 128 Å². The molecule has 1 aliphatic heterocycles. The summed E-state index contributed by atoms with van der Waals surface area (Å²) in [5, 5.41) is 6.20. The third-order valence-electron chi connectivity index (χ3n) is 2.47. The first kappa shape index (κ1) is 15.7. The number of hydrogen-bond donors (Lipinski definition) is 2. The van der Waals surface area contributed by atoms with Gasteiger partial charge in [-0.3, -0.25) is 14.9 Å². The number of hydrogen-bond acceptors (Lipinski definition) is 6. The highest BCUT2D eigenvalue weighted by atomic mass is 32.2. The van der Waals surface area contributed by atoms with Crippen molar-refractivity contribution in [1.29, 1.82) is 0 Å². The Morgan fingerprint density at radius 3 is 2.68 bits per heavy atom. The molecule has 114 valence electrons. The monoisotopic (exact) mass is 323 g/mol. The van der Waals surface area contributed by atoms with Gasteiger partial charge in [-0.1, -0.05) is 0 Å². The van der Waals surface area contributed by atoms with E-state index in [4.69, 9.17) is 0 Å². The molecule has 1 aromatic rings. The minimum atomic E-state index is -0.672. The maximum absolute atomic E-state index is 12.7. The molecule has 0 atom stereocenters. The van der Waals surface area contributed by atoms with Crippen LogP contribution in [0, 0.1) is 5.82 Å². The first-order valence-electron chi connectivity index (χ1n) is 5.92. The van der Waals surface area contributed by atoms with Crippen LogP contribution in [0.4, 0.5) is 4.39 Å². The van der Waals surface area contributed by atoms with Crippen molar-refractivity contribution in [3.05, 3.63) is 46.6 Å². The SMILES string of the molecule is COC(=O)/C=C1\S/C(=N\NC(=O)c2ccc(F)cc2)NC1=O. The number of nitrogens with one attached hydrogen (secondary N) is 2. The fraction of sp³-hybridized carbons (Fsp3) is 0.0769. The molecule has 1 saturated heterocycles. The van der Waals surface area contributed by atoms with Crippen molar-refractivity contribution in [3.63, 3.8) is 0 Å². The van der Waals surface area contributed by atoms with Crippen molar-refractivity contribution in [2.45, 2.75) is 0 Å². The molecule has 7 nitrogen and oxygen atoms in total. The standard InChI is InChI=1S/C13H10FN3O4S/c1-21-10(18)6-9-12(20)15-13(22-9)17-16-11(19)7-2-4-8(14)5-3-7/h2-6H,1H3,(H,16,19)(H,15,17,20)/b9-6-. The van der Waals surface area contributed by atoms with Crippen molar-refractivity contribution in [3.8, 4) is 0 Å². The predicted molar refractivity (Wildman–Crippen MR) is 77.1 cm³/mol. The van der Waals surface area contributed by atoms with Crippen LogP contribution in [0.3, 0.4) is 0 Å². The summed E-state index contributed by atoms with van der Waals surface area (Å²) in [4.78, 5) is 34.5. The zero-order chi connectivity index (χ0) is 16.1. The molecule has 2 rings (SSSR count). The van der Waals surface area contributed by atoms with E-state index in [1.54, 1.807) is 0 Å².